The van der Waals surface area contributed by atoms with E-state index in [1.54, 1.807) is 84.9 Å². The van der Waals surface area contributed by atoms with Crippen molar-refractivity contribution in [3.05, 3.63) is 178 Å². The Balaban J connectivity index is 1.22. The van der Waals surface area contributed by atoms with E-state index in [4.69, 9.17) is 47.9 Å². The van der Waals surface area contributed by atoms with Gasteiger partial charge >= 0.3 is 23.9 Å². The predicted octanol–water partition coefficient (Wildman–Crippen LogP) is 10.1. The van der Waals surface area contributed by atoms with Crippen molar-refractivity contribution in [1.82, 2.24) is 19.9 Å². The largest absolute Gasteiger partial charge is 0.489 e. The summed E-state index contributed by atoms with van der Waals surface area (Å²) in [5, 5.41) is 0. The van der Waals surface area contributed by atoms with Crippen LogP contribution in [0, 0.1) is 0 Å². The Bertz CT molecular complexity index is 3930. The Kier molecular flexibility index (Phi) is 12.5. The Hall–Kier alpha value is -10.6. The monoisotopic (exact) mass is 1070 g/mol. The second-order valence-corrected chi connectivity index (χ2v) is 18.6. The van der Waals surface area contributed by atoms with Crippen LogP contribution in [0.4, 0.5) is 0 Å². The molecule has 394 valence electrons. The van der Waals surface area contributed by atoms with Crippen LogP contribution in [-0.2, 0) is 18.9 Å². The lowest BCUT2D eigenvalue weighted by atomic mass is 9.98. The highest BCUT2D eigenvalue weighted by Gasteiger charge is 2.36. The summed E-state index contributed by atoms with van der Waals surface area (Å²) in [6, 6.07) is 37.3. The van der Waals surface area contributed by atoms with E-state index in [0.717, 1.165) is 12.1 Å². The minimum Gasteiger partial charge on any atom is -0.489 e. The molecule has 0 amide bonds. The zero-order chi connectivity index (χ0) is 54.4. The molecule has 18 nitrogen and oxygen atoms in total. The molecule has 0 spiro atoms. The number of ether oxygens (including phenoxy) is 8. The summed E-state index contributed by atoms with van der Waals surface area (Å²) in [7, 11) is 0. The number of cyclic esters (lactones) is 4. The van der Waals surface area contributed by atoms with E-state index in [1.807, 2.05) is 48.6 Å². The van der Waals surface area contributed by atoms with E-state index < -0.39 is 70.9 Å². The molecule has 7 heterocycles. The number of hydrogen-bond acceptors (Lipinski definition) is 16. The van der Waals surface area contributed by atoms with Gasteiger partial charge < -0.3 is 47.9 Å². The molecule has 0 saturated carbocycles. The van der Waals surface area contributed by atoms with Gasteiger partial charge in [-0.15, -0.1) is 0 Å². The lowest BCUT2D eigenvalue weighted by molar-refractivity contribution is 0.0389. The number of nitrogens with zero attached hydrogens (tertiary/aromatic N) is 2. The number of rotatable bonds is 0. The number of ketones is 2. The van der Waals surface area contributed by atoms with Gasteiger partial charge in [-0.3, -0.25) is 9.59 Å². The highest BCUT2D eigenvalue weighted by atomic mass is 16.6. The molecule has 18 heteroatoms. The zero-order valence-electron chi connectivity index (χ0n) is 42.1. The summed E-state index contributed by atoms with van der Waals surface area (Å²) in [5.41, 5.74) is 3.80. The SMILES string of the molecule is O=C1OCCOc2ccccc2-c2c3nc(c4c5ccc([nH]5)c5c6nc(c(c7ccc2[nH]7)-c2ccccc2OCCOC(=O)c2cc(c(cc21)C(=O)OCCOc1ccccc1-4)C(=O)OCCOc1ccccc1-5)C(=O)C6=O)C=C3. The summed E-state index contributed by atoms with van der Waals surface area (Å²) in [4.78, 5) is 105. The van der Waals surface area contributed by atoms with Gasteiger partial charge in [0.25, 0.3) is 11.6 Å². The van der Waals surface area contributed by atoms with Crippen molar-refractivity contribution >= 4 is 69.7 Å². The van der Waals surface area contributed by atoms with Gasteiger partial charge in [0.2, 0.25) is 0 Å². The minimum absolute atomic E-state index is 0.200. The van der Waals surface area contributed by atoms with Crippen LogP contribution in [0.15, 0.2) is 133 Å². The molecule has 80 heavy (non-hydrogen) atoms. The van der Waals surface area contributed by atoms with Crippen molar-refractivity contribution in [2.24, 2.45) is 0 Å². The number of carbonyl (C=O) groups excluding carboxylic acids is 6. The fourth-order valence-electron chi connectivity index (χ4n) is 10.4. The second-order valence-electron chi connectivity index (χ2n) is 18.6. The van der Waals surface area contributed by atoms with Crippen molar-refractivity contribution in [3.63, 3.8) is 0 Å². The quantitative estimate of drug-likeness (QED) is 0.0816. The van der Waals surface area contributed by atoms with Crippen LogP contribution in [0.1, 0.15) is 73.8 Å². The molecule has 12 rings (SSSR count). The second kappa shape index (κ2) is 20.4. The number of benzene rings is 5. The molecule has 8 aromatic rings. The molecule has 5 aromatic carbocycles. The third kappa shape index (κ3) is 8.73. The number of nitrogens with one attached hydrogen (secondary N) is 2. The number of esters is 4. The van der Waals surface area contributed by atoms with Crippen LogP contribution in [0.2, 0.25) is 0 Å². The van der Waals surface area contributed by atoms with E-state index in [2.05, 4.69) is 9.97 Å². The third-order valence-electron chi connectivity index (χ3n) is 13.9. The lowest BCUT2D eigenvalue weighted by Gasteiger charge is -2.17. The van der Waals surface area contributed by atoms with Gasteiger partial charge in [-0.1, -0.05) is 72.8 Å². The first kappa shape index (κ1) is 49.0. The van der Waals surface area contributed by atoms with Gasteiger partial charge in [-0.05, 0) is 72.8 Å². The summed E-state index contributed by atoms with van der Waals surface area (Å²) in [6.45, 7) is -2.54. The molecule has 0 aliphatic carbocycles. The molecular weight excluding hydrogens is 1020 g/mol. The molecule has 0 fully saturated rings. The maximum absolute atomic E-state index is 15.1. The van der Waals surface area contributed by atoms with Crippen LogP contribution >= 0.6 is 0 Å². The molecule has 4 aliphatic heterocycles. The van der Waals surface area contributed by atoms with E-state index in [0.29, 0.717) is 78.3 Å². The molecule has 0 unspecified atom stereocenters. The first-order valence-corrected chi connectivity index (χ1v) is 25.5. The number of H-pyrrole nitrogens is 2. The lowest BCUT2D eigenvalue weighted by Crippen LogP contribution is -2.23. The van der Waals surface area contributed by atoms with Crippen molar-refractivity contribution in [3.8, 4) is 67.5 Å². The van der Waals surface area contributed by atoms with Crippen molar-refractivity contribution in [1.29, 1.82) is 0 Å². The highest BCUT2D eigenvalue weighted by molar-refractivity contribution is 6.52. The van der Waals surface area contributed by atoms with Crippen LogP contribution in [0.5, 0.6) is 23.0 Å². The fourth-order valence-corrected chi connectivity index (χ4v) is 10.4. The Morgan fingerprint density at radius 2 is 0.575 bits per heavy atom. The maximum Gasteiger partial charge on any atom is 0.339 e. The Labute approximate surface area is 453 Å². The zero-order valence-corrected chi connectivity index (χ0v) is 42.1. The molecule has 0 atom stereocenters. The van der Waals surface area contributed by atoms with Crippen LogP contribution in [0.3, 0.4) is 0 Å². The van der Waals surface area contributed by atoms with Gasteiger partial charge in [-0.25, -0.2) is 29.1 Å². The molecular formula is C62H42N4O14. The van der Waals surface area contributed by atoms with E-state index in [1.165, 1.54) is 0 Å². The maximum atomic E-state index is 15.1. The number of hydrogen-bond donors (Lipinski definition) is 2. The fraction of sp³-hybridized carbons (Fsp3) is 0.129. The molecule has 2 N–H and O–H groups in total. The Morgan fingerprint density at radius 1 is 0.300 bits per heavy atom. The average molecular weight is 1070 g/mol. The van der Waals surface area contributed by atoms with E-state index in [-0.39, 0.29) is 73.7 Å². The summed E-state index contributed by atoms with van der Waals surface area (Å²) in [6.07, 6.45) is 3.75. The van der Waals surface area contributed by atoms with Gasteiger partial charge in [0, 0.05) is 66.6 Å². The number of fused-ring (bicyclic) bond motifs is 18. The normalized spacial score (nSPS) is 15.2. The molecule has 0 saturated heterocycles. The number of carbonyl (C=O) groups is 6. The standard InChI is InChI=1S/C62H42N4O14/c67-57-55-53-35-11-3-7-15-49(35)75-25-29-79-61(71)39-32-40-38-31-37(39)59(69)77-27-23-73-47-13-5-1-9-33(47)51(43-19-21-45(53)64-43)41-17-18-42(63-41)52(34-10-2-6-14-48(34)74-24-28-78-60(38)70)44-20-22-46(65-44)54(56(66-55)58(57)68)36-12-4-8-16-50(36)76-26-30-80-62(40)72/h1-22,31-32,64-65H,23-30H2. The van der Waals surface area contributed by atoms with Crippen molar-refractivity contribution in [2.75, 3.05) is 52.9 Å². The molecule has 4 aliphatic rings. The van der Waals surface area contributed by atoms with Gasteiger partial charge in [0.1, 0.15) is 87.2 Å². The molecule has 3 aromatic heterocycles. The van der Waals surface area contributed by atoms with E-state index >= 15 is 9.59 Å². The number of Topliss-reactive ketones (excluding diaryl/α,β-unsaturated/α-hetero) is 2. The van der Waals surface area contributed by atoms with Gasteiger partial charge in [0.05, 0.1) is 33.6 Å². The number of para-hydroxylation sites is 4. The smallest absolute Gasteiger partial charge is 0.339 e. The summed E-state index contributed by atoms with van der Waals surface area (Å²) < 4.78 is 48.6. The Morgan fingerprint density at radius 3 is 0.900 bits per heavy atom. The van der Waals surface area contributed by atoms with E-state index in [9.17, 15) is 19.2 Å². The topological polar surface area (TPSA) is 234 Å². The molecule has 12 bridgehead atoms. The van der Waals surface area contributed by atoms with Crippen LogP contribution in [0.25, 0.3) is 78.7 Å². The van der Waals surface area contributed by atoms with Crippen molar-refractivity contribution < 1.29 is 66.7 Å². The number of aromatic nitrogens is 4. The number of aromatic amines is 2. The first-order valence-electron chi connectivity index (χ1n) is 25.5. The first-order chi connectivity index (χ1) is 39.2. The summed E-state index contributed by atoms with van der Waals surface area (Å²) >= 11 is 0. The van der Waals surface area contributed by atoms with Crippen LogP contribution < -0.4 is 18.9 Å². The molecule has 0 radical (unpaired) electrons. The van der Waals surface area contributed by atoms with Crippen LogP contribution in [-0.4, -0.2) is 108 Å². The van der Waals surface area contributed by atoms with Gasteiger partial charge in [0.15, 0.2) is 0 Å². The average Bonchev–Trinajstić information content (AvgIpc) is 4.48. The summed E-state index contributed by atoms with van der Waals surface area (Å²) in [5.74, 6) is -5.03. The third-order valence-corrected chi connectivity index (χ3v) is 13.9. The highest BCUT2D eigenvalue weighted by Crippen LogP contribution is 2.44. The van der Waals surface area contributed by atoms with Crippen molar-refractivity contribution in [2.45, 2.75) is 0 Å². The van der Waals surface area contributed by atoms with Gasteiger partial charge in [-0.2, -0.15) is 0 Å². The minimum atomic E-state index is -1.09. The predicted molar refractivity (Wildman–Crippen MR) is 290 cm³/mol.